The molecule has 0 spiro atoms. The zero-order valence-electron chi connectivity index (χ0n) is 10.7. The predicted molar refractivity (Wildman–Crippen MR) is 69.8 cm³/mol. The van der Waals surface area contributed by atoms with Gasteiger partial charge >= 0.3 is 6.18 Å². The Labute approximate surface area is 117 Å². The largest absolute Gasteiger partial charge is 0.435 e. The van der Waals surface area contributed by atoms with E-state index in [1.54, 1.807) is 30.3 Å². The van der Waals surface area contributed by atoms with Crippen molar-refractivity contribution in [1.82, 2.24) is 14.8 Å². The molecule has 0 aliphatic carbocycles. The van der Waals surface area contributed by atoms with Crippen LogP contribution in [0.5, 0.6) is 0 Å². The summed E-state index contributed by atoms with van der Waals surface area (Å²) in [6.45, 7) is -0.300. The molecule has 7 heteroatoms. The number of nitrogens with zero attached hydrogens (tertiary/aromatic N) is 3. The van der Waals surface area contributed by atoms with E-state index in [0.29, 0.717) is 11.1 Å². The van der Waals surface area contributed by atoms with Crippen LogP contribution < -0.4 is 0 Å². The van der Waals surface area contributed by atoms with E-state index in [-0.39, 0.29) is 12.4 Å². The monoisotopic (exact) mass is 293 g/mol. The van der Waals surface area contributed by atoms with Crippen molar-refractivity contribution in [3.8, 4) is 5.82 Å². The van der Waals surface area contributed by atoms with E-state index < -0.39 is 11.9 Å². The molecule has 4 nitrogen and oxygen atoms in total. The number of aromatic nitrogens is 3. The van der Waals surface area contributed by atoms with Gasteiger partial charge in [0.15, 0.2) is 11.5 Å². The van der Waals surface area contributed by atoms with Crippen LogP contribution in [0.2, 0.25) is 0 Å². The lowest BCUT2D eigenvalue weighted by atomic mass is 10.1. The first-order valence-corrected chi connectivity index (χ1v) is 6.12. The fourth-order valence-electron chi connectivity index (χ4n) is 2.08. The van der Waals surface area contributed by atoms with E-state index in [1.807, 2.05) is 0 Å². The highest BCUT2D eigenvalue weighted by Crippen LogP contribution is 2.29. The number of alkyl halides is 3. The molecule has 0 atom stereocenters. The number of aliphatic hydroxyl groups excluding tert-OH is 1. The van der Waals surface area contributed by atoms with Crippen molar-refractivity contribution in [1.29, 1.82) is 0 Å². The van der Waals surface area contributed by atoms with Gasteiger partial charge in [0.05, 0.1) is 12.3 Å². The third-order valence-corrected chi connectivity index (χ3v) is 3.03. The van der Waals surface area contributed by atoms with Gasteiger partial charge in [-0.15, -0.1) is 0 Å². The highest BCUT2D eigenvalue weighted by Gasteiger charge is 2.33. The molecule has 2 heterocycles. The smallest absolute Gasteiger partial charge is 0.390 e. The lowest BCUT2D eigenvalue weighted by molar-refractivity contribution is -0.141. The fourth-order valence-corrected chi connectivity index (χ4v) is 2.08. The van der Waals surface area contributed by atoms with Crippen LogP contribution in [0.25, 0.3) is 16.6 Å². The van der Waals surface area contributed by atoms with Crippen LogP contribution >= 0.6 is 0 Å². The Kier molecular flexibility index (Phi) is 3.13. The second-order valence-corrected chi connectivity index (χ2v) is 4.46. The van der Waals surface area contributed by atoms with Crippen LogP contribution in [0, 0.1) is 0 Å². The third-order valence-electron chi connectivity index (χ3n) is 3.03. The van der Waals surface area contributed by atoms with Gasteiger partial charge in [-0.25, -0.2) is 9.67 Å². The number of hydrogen-bond donors (Lipinski definition) is 1. The minimum absolute atomic E-state index is 0.257. The quantitative estimate of drug-likeness (QED) is 0.790. The molecule has 21 heavy (non-hydrogen) atoms. The normalized spacial score (nSPS) is 12.0. The zero-order valence-corrected chi connectivity index (χ0v) is 10.7. The van der Waals surface area contributed by atoms with Crippen molar-refractivity contribution in [2.45, 2.75) is 12.8 Å². The second-order valence-electron chi connectivity index (χ2n) is 4.46. The van der Waals surface area contributed by atoms with Gasteiger partial charge in [-0.1, -0.05) is 24.3 Å². The minimum Gasteiger partial charge on any atom is -0.390 e. The molecule has 2 aromatic heterocycles. The number of pyridine rings is 1. The van der Waals surface area contributed by atoms with Crippen molar-refractivity contribution in [3.63, 3.8) is 0 Å². The van der Waals surface area contributed by atoms with E-state index in [4.69, 9.17) is 0 Å². The molecule has 0 radical (unpaired) electrons. The molecule has 0 unspecified atom stereocenters. The molecule has 0 bridgehead atoms. The Bertz CT molecular complexity index is 796. The molecule has 0 aliphatic heterocycles. The van der Waals surface area contributed by atoms with E-state index >= 15 is 0 Å². The van der Waals surface area contributed by atoms with Crippen LogP contribution in [0.1, 0.15) is 11.4 Å². The Balaban J connectivity index is 2.21. The first kappa shape index (κ1) is 13.6. The summed E-state index contributed by atoms with van der Waals surface area (Å²) in [5.41, 5.74) is -0.615. The van der Waals surface area contributed by atoms with Gasteiger partial charge in [0, 0.05) is 11.6 Å². The van der Waals surface area contributed by atoms with E-state index in [9.17, 15) is 18.3 Å². The van der Waals surface area contributed by atoms with Gasteiger partial charge in [-0.2, -0.15) is 18.3 Å². The molecule has 0 saturated heterocycles. The SMILES string of the molecule is OCc1cc2ccccc2c(-n2ccc(C(F)(F)F)n2)n1. The maximum Gasteiger partial charge on any atom is 0.435 e. The molecular formula is C14H10F3N3O. The summed E-state index contributed by atoms with van der Waals surface area (Å²) in [5, 5.41) is 14.2. The Morgan fingerprint density at radius 2 is 1.90 bits per heavy atom. The highest BCUT2D eigenvalue weighted by atomic mass is 19.4. The number of aliphatic hydroxyl groups is 1. The summed E-state index contributed by atoms with van der Waals surface area (Å²) < 4.78 is 39.0. The van der Waals surface area contributed by atoms with E-state index in [2.05, 4.69) is 10.1 Å². The summed E-state index contributed by atoms with van der Waals surface area (Å²) in [7, 11) is 0. The third kappa shape index (κ3) is 2.47. The molecule has 3 aromatic rings. The Morgan fingerprint density at radius 3 is 2.57 bits per heavy atom. The maximum atomic E-state index is 12.6. The fraction of sp³-hybridized carbons (Fsp3) is 0.143. The van der Waals surface area contributed by atoms with Crippen molar-refractivity contribution in [3.05, 3.63) is 54.0 Å². The summed E-state index contributed by atoms with van der Waals surface area (Å²) in [5.74, 6) is 0.257. The molecule has 0 fully saturated rings. The van der Waals surface area contributed by atoms with Crippen LogP contribution in [-0.2, 0) is 12.8 Å². The van der Waals surface area contributed by atoms with Crippen molar-refractivity contribution in [2.24, 2.45) is 0 Å². The summed E-state index contributed by atoms with van der Waals surface area (Å²) in [4.78, 5) is 4.17. The standard InChI is InChI=1S/C14H10F3N3O/c15-14(16,17)12-5-6-20(19-12)13-11-4-2-1-3-9(11)7-10(8-21)18-13/h1-7,21H,8H2. The zero-order chi connectivity index (χ0) is 15.0. The number of rotatable bonds is 2. The molecule has 1 N–H and O–H groups in total. The molecule has 108 valence electrons. The van der Waals surface area contributed by atoms with Gasteiger partial charge < -0.3 is 5.11 Å². The van der Waals surface area contributed by atoms with Gasteiger partial charge in [0.2, 0.25) is 0 Å². The van der Waals surface area contributed by atoms with E-state index in [1.165, 1.54) is 6.20 Å². The predicted octanol–water partition coefficient (Wildman–Crippen LogP) is 2.93. The van der Waals surface area contributed by atoms with Crippen LogP contribution in [-0.4, -0.2) is 19.9 Å². The highest BCUT2D eigenvalue weighted by molar-refractivity contribution is 5.88. The van der Waals surface area contributed by atoms with E-state index in [0.717, 1.165) is 16.1 Å². The van der Waals surface area contributed by atoms with Crippen molar-refractivity contribution < 1.29 is 18.3 Å². The first-order valence-electron chi connectivity index (χ1n) is 6.12. The lowest BCUT2D eigenvalue weighted by Crippen LogP contribution is -2.08. The van der Waals surface area contributed by atoms with Gasteiger partial charge in [0.25, 0.3) is 0 Å². The van der Waals surface area contributed by atoms with Crippen LogP contribution in [0.3, 0.4) is 0 Å². The summed E-state index contributed by atoms with van der Waals surface area (Å²) in [6, 6.07) is 9.69. The van der Waals surface area contributed by atoms with Gasteiger partial charge in [0.1, 0.15) is 0 Å². The Morgan fingerprint density at radius 1 is 1.14 bits per heavy atom. The summed E-state index contributed by atoms with van der Waals surface area (Å²) >= 11 is 0. The van der Waals surface area contributed by atoms with Crippen LogP contribution in [0.4, 0.5) is 13.2 Å². The summed E-state index contributed by atoms with van der Waals surface area (Å²) in [6.07, 6.45) is -3.30. The van der Waals surface area contributed by atoms with Gasteiger partial charge in [-0.05, 0) is 17.5 Å². The van der Waals surface area contributed by atoms with Gasteiger partial charge in [-0.3, -0.25) is 0 Å². The first-order chi connectivity index (χ1) is 9.99. The lowest BCUT2D eigenvalue weighted by Gasteiger charge is -2.08. The molecule has 0 amide bonds. The Hall–Kier alpha value is -2.41. The number of halogens is 3. The average molecular weight is 293 g/mol. The molecule has 0 saturated carbocycles. The number of fused-ring (bicyclic) bond motifs is 1. The molecule has 0 aliphatic rings. The molecule has 1 aromatic carbocycles. The topological polar surface area (TPSA) is 50.9 Å². The average Bonchev–Trinajstić information content (AvgIpc) is 2.95. The molecule has 3 rings (SSSR count). The minimum atomic E-state index is -4.50. The number of hydrogen-bond acceptors (Lipinski definition) is 3. The molecular weight excluding hydrogens is 283 g/mol. The number of benzene rings is 1. The van der Waals surface area contributed by atoms with Crippen LogP contribution in [0.15, 0.2) is 42.6 Å². The van der Waals surface area contributed by atoms with Crippen molar-refractivity contribution >= 4 is 10.8 Å². The second kappa shape index (κ2) is 4.85. The van der Waals surface area contributed by atoms with Crippen molar-refractivity contribution in [2.75, 3.05) is 0 Å². The maximum absolute atomic E-state index is 12.6.